The molecule has 3 N–H and O–H groups in total. The molecule has 0 heterocycles. The van der Waals surface area contributed by atoms with Crippen molar-refractivity contribution in [2.45, 2.75) is 26.7 Å². The van der Waals surface area contributed by atoms with Crippen molar-refractivity contribution in [2.75, 3.05) is 22.6 Å². The van der Waals surface area contributed by atoms with E-state index in [0.717, 1.165) is 0 Å². The van der Waals surface area contributed by atoms with Gasteiger partial charge in [-0.25, -0.2) is 8.42 Å². The molecule has 0 aromatic heterocycles. The van der Waals surface area contributed by atoms with Crippen LogP contribution >= 0.6 is 0 Å². The van der Waals surface area contributed by atoms with E-state index in [1.165, 1.54) is 0 Å². The third kappa shape index (κ3) is 6.06. The molecular weight excluding hydrogens is 276 g/mol. The number of benzene rings is 1. The lowest BCUT2D eigenvalue weighted by Crippen LogP contribution is -2.20. The van der Waals surface area contributed by atoms with Gasteiger partial charge < -0.3 is 11.1 Å². The van der Waals surface area contributed by atoms with Crippen molar-refractivity contribution >= 4 is 27.1 Å². The van der Waals surface area contributed by atoms with Gasteiger partial charge in [-0.3, -0.25) is 4.79 Å². The van der Waals surface area contributed by atoms with Gasteiger partial charge in [0.2, 0.25) is 5.91 Å². The highest BCUT2D eigenvalue weighted by Crippen LogP contribution is 2.16. The van der Waals surface area contributed by atoms with Crippen molar-refractivity contribution in [3.8, 4) is 0 Å². The largest absolute Gasteiger partial charge is 0.397 e. The van der Waals surface area contributed by atoms with Gasteiger partial charge in [-0.2, -0.15) is 0 Å². The molecule has 5 nitrogen and oxygen atoms in total. The Morgan fingerprint density at radius 3 is 2.50 bits per heavy atom. The second-order valence-electron chi connectivity index (χ2n) is 5.22. The Morgan fingerprint density at radius 1 is 1.25 bits per heavy atom. The van der Waals surface area contributed by atoms with Crippen LogP contribution in [0.3, 0.4) is 0 Å². The summed E-state index contributed by atoms with van der Waals surface area (Å²) in [5, 5.41) is 2.62. The van der Waals surface area contributed by atoms with E-state index in [4.69, 9.17) is 5.73 Å². The van der Waals surface area contributed by atoms with Crippen molar-refractivity contribution in [1.29, 1.82) is 0 Å². The predicted octanol–water partition coefficient (Wildman–Crippen LogP) is 2.06. The summed E-state index contributed by atoms with van der Waals surface area (Å²) in [6.45, 7) is 3.95. The molecule has 0 radical (unpaired) electrons. The van der Waals surface area contributed by atoms with Crippen LogP contribution in [0, 0.1) is 5.92 Å². The van der Waals surface area contributed by atoms with E-state index in [0.29, 0.717) is 23.7 Å². The first-order valence-corrected chi connectivity index (χ1v) is 8.47. The molecule has 0 saturated heterocycles. The zero-order chi connectivity index (χ0) is 15.2. The first-order chi connectivity index (χ1) is 9.30. The molecule has 1 amide bonds. The number of para-hydroxylation sites is 2. The fourth-order valence-electron chi connectivity index (χ4n) is 1.59. The fraction of sp³-hybridized carbons (Fsp3) is 0.500. The quantitative estimate of drug-likeness (QED) is 0.754. The van der Waals surface area contributed by atoms with Crippen molar-refractivity contribution in [3.63, 3.8) is 0 Å². The molecule has 0 spiro atoms. The summed E-state index contributed by atoms with van der Waals surface area (Å²) in [6, 6.07) is 6.88. The van der Waals surface area contributed by atoms with E-state index < -0.39 is 9.84 Å². The van der Waals surface area contributed by atoms with E-state index >= 15 is 0 Å². The number of amides is 1. The zero-order valence-electron chi connectivity index (χ0n) is 11.9. The fourth-order valence-corrected chi connectivity index (χ4v) is 3.12. The molecule has 0 saturated carbocycles. The van der Waals surface area contributed by atoms with E-state index in [9.17, 15) is 13.2 Å². The van der Waals surface area contributed by atoms with Gasteiger partial charge in [0.15, 0.2) is 9.84 Å². The van der Waals surface area contributed by atoms with E-state index in [1.807, 2.05) is 13.8 Å². The van der Waals surface area contributed by atoms with Gasteiger partial charge in [-0.1, -0.05) is 26.0 Å². The summed E-state index contributed by atoms with van der Waals surface area (Å²) in [7, 11) is -3.17. The number of hydrogen-bond donors (Lipinski definition) is 2. The van der Waals surface area contributed by atoms with Crippen LogP contribution in [0.4, 0.5) is 11.4 Å². The van der Waals surface area contributed by atoms with Crippen LogP contribution in [0.5, 0.6) is 0 Å². The van der Waals surface area contributed by atoms with Gasteiger partial charge in [-0.15, -0.1) is 0 Å². The molecule has 1 rings (SSSR count). The molecule has 1 aromatic carbocycles. The van der Waals surface area contributed by atoms with Gasteiger partial charge >= 0.3 is 0 Å². The second kappa shape index (κ2) is 7.28. The molecule has 0 aliphatic heterocycles. The molecule has 0 unspecified atom stereocenters. The van der Waals surface area contributed by atoms with Crippen LogP contribution in [0.25, 0.3) is 0 Å². The first-order valence-electron chi connectivity index (χ1n) is 6.65. The van der Waals surface area contributed by atoms with Crippen molar-refractivity contribution in [2.24, 2.45) is 5.92 Å². The number of sulfone groups is 1. The predicted molar refractivity (Wildman–Crippen MR) is 82.2 cm³/mol. The van der Waals surface area contributed by atoms with Gasteiger partial charge in [0.1, 0.15) is 0 Å². The average Bonchev–Trinajstić information content (AvgIpc) is 2.37. The Morgan fingerprint density at radius 2 is 1.90 bits per heavy atom. The lowest BCUT2D eigenvalue weighted by Gasteiger charge is -2.09. The SMILES string of the molecule is CC(C)CCS(=O)(=O)CCC(=O)Nc1ccccc1N. The number of carbonyl (C=O) groups is 1. The number of hydrogen-bond acceptors (Lipinski definition) is 4. The third-order valence-corrected chi connectivity index (χ3v) is 4.57. The van der Waals surface area contributed by atoms with Crippen molar-refractivity contribution in [1.82, 2.24) is 0 Å². The maximum absolute atomic E-state index is 11.8. The minimum absolute atomic E-state index is 0.0469. The number of rotatable bonds is 7. The van der Waals surface area contributed by atoms with Gasteiger partial charge in [-0.05, 0) is 24.5 Å². The van der Waals surface area contributed by atoms with Crippen molar-refractivity contribution in [3.05, 3.63) is 24.3 Å². The molecule has 0 bridgehead atoms. The van der Waals surface area contributed by atoms with Gasteiger partial charge in [0.05, 0.1) is 22.9 Å². The van der Waals surface area contributed by atoms with Gasteiger partial charge in [0.25, 0.3) is 0 Å². The smallest absolute Gasteiger partial charge is 0.225 e. The Bertz CT molecular complexity index is 553. The normalized spacial score (nSPS) is 11.6. The number of anilines is 2. The topological polar surface area (TPSA) is 89.3 Å². The summed E-state index contributed by atoms with van der Waals surface area (Å²) < 4.78 is 23.5. The maximum atomic E-state index is 11.8. The molecule has 0 aliphatic carbocycles. The Hall–Kier alpha value is -1.56. The highest BCUT2D eigenvalue weighted by atomic mass is 32.2. The highest BCUT2D eigenvalue weighted by Gasteiger charge is 2.14. The summed E-state index contributed by atoms with van der Waals surface area (Å²) in [5.74, 6) is 0.00252. The average molecular weight is 298 g/mol. The number of carbonyl (C=O) groups excluding carboxylic acids is 1. The molecule has 0 aliphatic rings. The van der Waals surface area contributed by atoms with Gasteiger partial charge in [0, 0.05) is 6.42 Å². The van der Waals surface area contributed by atoms with Crippen molar-refractivity contribution < 1.29 is 13.2 Å². The lowest BCUT2D eigenvalue weighted by atomic mass is 10.2. The van der Waals surface area contributed by atoms with E-state index in [-0.39, 0.29) is 23.8 Å². The minimum atomic E-state index is -3.17. The second-order valence-corrected chi connectivity index (χ2v) is 7.52. The number of nitrogen functional groups attached to an aromatic ring is 1. The summed E-state index contributed by atoms with van der Waals surface area (Å²) >= 11 is 0. The van der Waals surface area contributed by atoms with Crippen LogP contribution in [0.2, 0.25) is 0 Å². The van der Waals surface area contributed by atoms with E-state index in [1.54, 1.807) is 24.3 Å². The summed E-state index contributed by atoms with van der Waals surface area (Å²) in [5.41, 5.74) is 6.67. The maximum Gasteiger partial charge on any atom is 0.225 e. The molecule has 112 valence electrons. The summed E-state index contributed by atoms with van der Waals surface area (Å²) in [6.07, 6.45) is 0.574. The molecule has 0 fully saturated rings. The Labute approximate surface area is 120 Å². The van der Waals surface area contributed by atoms with E-state index in [2.05, 4.69) is 5.32 Å². The number of nitrogens with one attached hydrogen (secondary N) is 1. The molecule has 6 heteroatoms. The minimum Gasteiger partial charge on any atom is -0.397 e. The Kier molecular flexibility index (Phi) is 6.01. The molecule has 0 atom stereocenters. The molecular formula is C14H22N2O3S. The van der Waals surface area contributed by atoms with Crippen LogP contribution in [-0.2, 0) is 14.6 Å². The zero-order valence-corrected chi connectivity index (χ0v) is 12.7. The molecule has 1 aromatic rings. The number of nitrogens with two attached hydrogens (primary N) is 1. The molecule has 20 heavy (non-hydrogen) atoms. The first kappa shape index (κ1) is 16.5. The Balaban J connectivity index is 2.46. The summed E-state index contributed by atoms with van der Waals surface area (Å²) in [4.78, 5) is 11.7. The monoisotopic (exact) mass is 298 g/mol. The third-order valence-electron chi connectivity index (χ3n) is 2.88. The highest BCUT2D eigenvalue weighted by molar-refractivity contribution is 7.91. The van der Waals surface area contributed by atoms with Crippen LogP contribution in [-0.4, -0.2) is 25.8 Å². The lowest BCUT2D eigenvalue weighted by molar-refractivity contribution is -0.115. The van der Waals surface area contributed by atoms with Crippen LogP contribution < -0.4 is 11.1 Å². The van der Waals surface area contributed by atoms with Crippen LogP contribution in [0.1, 0.15) is 26.7 Å². The van der Waals surface area contributed by atoms with Crippen LogP contribution in [0.15, 0.2) is 24.3 Å². The standard InChI is InChI=1S/C14H22N2O3S/c1-11(2)7-9-20(18,19)10-8-14(17)16-13-6-4-3-5-12(13)15/h3-6,11H,7-10,15H2,1-2H3,(H,16,17).